The van der Waals surface area contributed by atoms with Crippen LogP contribution in [0.4, 0.5) is 0 Å². The molecule has 19 heavy (non-hydrogen) atoms. The van der Waals surface area contributed by atoms with Crippen LogP contribution in [0.5, 0.6) is 0 Å². The van der Waals surface area contributed by atoms with E-state index >= 15 is 0 Å². The van der Waals surface area contributed by atoms with E-state index in [1.165, 1.54) is 12.8 Å². The Bertz CT molecular complexity index is 330. The van der Waals surface area contributed by atoms with Gasteiger partial charge in [0.1, 0.15) is 0 Å². The summed E-state index contributed by atoms with van der Waals surface area (Å²) in [5.74, 6) is 0. The zero-order chi connectivity index (χ0) is 13.5. The normalized spacial score (nSPS) is 19.7. The lowest BCUT2D eigenvalue weighted by molar-refractivity contribution is 0.0918. The summed E-state index contributed by atoms with van der Waals surface area (Å²) in [6.45, 7) is 9.73. The Morgan fingerprint density at radius 2 is 2.00 bits per heavy atom. The molecule has 1 aromatic heterocycles. The molecule has 1 aliphatic rings. The van der Waals surface area contributed by atoms with Gasteiger partial charge in [0, 0.05) is 57.7 Å². The molecular formula is C14H27N5. The molecule has 0 spiro atoms. The van der Waals surface area contributed by atoms with E-state index in [0.29, 0.717) is 6.04 Å². The van der Waals surface area contributed by atoms with E-state index in [2.05, 4.69) is 21.8 Å². The highest BCUT2D eigenvalue weighted by molar-refractivity contribution is 4.80. The molecule has 1 aliphatic heterocycles. The van der Waals surface area contributed by atoms with Gasteiger partial charge >= 0.3 is 0 Å². The average Bonchev–Trinajstić information content (AvgIpc) is 2.96. The monoisotopic (exact) mass is 265 g/mol. The van der Waals surface area contributed by atoms with E-state index in [9.17, 15) is 0 Å². The van der Waals surface area contributed by atoms with E-state index in [1.807, 2.05) is 23.1 Å². The maximum Gasteiger partial charge on any atom is 0.0536 e. The smallest absolute Gasteiger partial charge is 0.0536 e. The number of aromatic nitrogens is 2. The van der Waals surface area contributed by atoms with E-state index in [1.54, 1.807) is 0 Å². The Morgan fingerprint density at radius 3 is 2.58 bits per heavy atom. The largest absolute Gasteiger partial charge is 0.329 e. The highest BCUT2D eigenvalue weighted by Crippen LogP contribution is 2.10. The standard InChI is InChI=1S/C14H27N5/c1-2-4-14(13-15)18-10-7-17(8-11-18)9-12-19-6-3-5-16-19/h3,5-6,14H,2,4,7-13,15H2,1H3. The minimum atomic E-state index is 0.582. The molecule has 0 bridgehead atoms. The quantitative estimate of drug-likeness (QED) is 0.785. The third-order valence-corrected chi connectivity index (χ3v) is 4.02. The molecule has 5 heteroatoms. The van der Waals surface area contributed by atoms with Crippen molar-refractivity contribution in [3.63, 3.8) is 0 Å². The summed E-state index contributed by atoms with van der Waals surface area (Å²) in [5, 5.41) is 4.24. The Morgan fingerprint density at radius 1 is 1.21 bits per heavy atom. The van der Waals surface area contributed by atoms with Gasteiger partial charge in [-0.25, -0.2) is 0 Å². The molecule has 0 radical (unpaired) electrons. The van der Waals surface area contributed by atoms with Crippen LogP contribution >= 0.6 is 0 Å². The SMILES string of the molecule is CCCC(CN)N1CCN(CCn2cccn2)CC1. The second-order valence-corrected chi connectivity index (χ2v) is 5.32. The van der Waals surface area contributed by atoms with Gasteiger partial charge in [0.25, 0.3) is 0 Å². The maximum absolute atomic E-state index is 5.88. The van der Waals surface area contributed by atoms with Crippen LogP contribution in [0.15, 0.2) is 18.5 Å². The van der Waals surface area contributed by atoms with E-state index in [4.69, 9.17) is 5.73 Å². The molecule has 2 rings (SSSR count). The fourth-order valence-electron chi connectivity index (χ4n) is 2.81. The van der Waals surface area contributed by atoms with Gasteiger partial charge in [0.2, 0.25) is 0 Å². The van der Waals surface area contributed by atoms with E-state index in [-0.39, 0.29) is 0 Å². The molecule has 0 saturated carbocycles. The first-order valence-electron chi connectivity index (χ1n) is 7.47. The molecule has 108 valence electrons. The molecule has 1 aromatic rings. The number of nitrogens with zero attached hydrogens (tertiary/aromatic N) is 4. The van der Waals surface area contributed by atoms with Crippen LogP contribution in [0.25, 0.3) is 0 Å². The molecule has 1 saturated heterocycles. The van der Waals surface area contributed by atoms with Crippen molar-refractivity contribution < 1.29 is 0 Å². The van der Waals surface area contributed by atoms with Crippen LogP contribution in [-0.4, -0.2) is 64.9 Å². The second kappa shape index (κ2) is 7.62. The molecule has 0 aliphatic carbocycles. The minimum absolute atomic E-state index is 0.582. The highest BCUT2D eigenvalue weighted by Gasteiger charge is 2.21. The van der Waals surface area contributed by atoms with Crippen molar-refractivity contribution in [3.8, 4) is 0 Å². The molecule has 2 N–H and O–H groups in total. The number of hydrogen-bond donors (Lipinski definition) is 1. The lowest BCUT2D eigenvalue weighted by Gasteiger charge is -2.39. The summed E-state index contributed by atoms with van der Waals surface area (Å²) in [6.07, 6.45) is 6.32. The third kappa shape index (κ3) is 4.30. The Balaban J connectivity index is 1.69. The van der Waals surface area contributed by atoms with Crippen molar-refractivity contribution in [1.29, 1.82) is 0 Å². The number of nitrogens with two attached hydrogens (primary N) is 1. The van der Waals surface area contributed by atoms with Crippen molar-refractivity contribution in [1.82, 2.24) is 19.6 Å². The van der Waals surface area contributed by atoms with E-state index in [0.717, 1.165) is 45.8 Å². The van der Waals surface area contributed by atoms with Gasteiger partial charge in [-0.15, -0.1) is 0 Å². The number of piperazine rings is 1. The first-order chi connectivity index (χ1) is 9.33. The van der Waals surface area contributed by atoms with Gasteiger partial charge in [-0.3, -0.25) is 14.5 Å². The molecular weight excluding hydrogens is 238 g/mol. The third-order valence-electron chi connectivity index (χ3n) is 4.02. The molecule has 1 atom stereocenters. The maximum atomic E-state index is 5.88. The summed E-state index contributed by atoms with van der Waals surface area (Å²) in [5.41, 5.74) is 5.88. The van der Waals surface area contributed by atoms with Crippen molar-refractivity contribution in [3.05, 3.63) is 18.5 Å². The van der Waals surface area contributed by atoms with Crippen LogP contribution in [0, 0.1) is 0 Å². The zero-order valence-electron chi connectivity index (χ0n) is 12.0. The van der Waals surface area contributed by atoms with Gasteiger partial charge in [0.15, 0.2) is 0 Å². The molecule has 2 heterocycles. The van der Waals surface area contributed by atoms with Crippen molar-refractivity contribution >= 4 is 0 Å². The topological polar surface area (TPSA) is 50.3 Å². The summed E-state index contributed by atoms with van der Waals surface area (Å²) in [4.78, 5) is 5.09. The van der Waals surface area contributed by atoms with E-state index < -0.39 is 0 Å². The molecule has 0 amide bonds. The Labute approximate surface area is 116 Å². The lowest BCUT2D eigenvalue weighted by Crippen LogP contribution is -2.52. The average molecular weight is 265 g/mol. The van der Waals surface area contributed by atoms with Gasteiger partial charge in [0.05, 0.1) is 6.54 Å². The molecule has 5 nitrogen and oxygen atoms in total. The van der Waals surface area contributed by atoms with Gasteiger partial charge < -0.3 is 5.73 Å². The molecule has 1 fully saturated rings. The minimum Gasteiger partial charge on any atom is -0.329 e. The van der Waals surface area contributed by atoms with Crippen LogP contribution in [0.2, 0.25) is 0 Å². The molecule has 0 aromatic carbocycles. The summed E-state index contributed by atoms with van der Waals surface area (Å²) in [6, 6.07) is 2.56. The van der Waals surface area contributed by atoms with Gasteiger partial charge in [-0.2, -0.15) is 5.10 Å². The fraction of sp³-hybridized carbons (Fsp3) is 0.786. The second-order valence-electron chi connectivity index (χ2n) is 5.32. The predicted molar refractivity (Wildman–Crippen MR) is 78.0 cm³/mol. The number of rotatable bonds is 7. The van der Waals surface area contributed by atoms with Crippen LogP contribution in [-0.2, 0) is 6.54 Å². The van der Waals surface area contributed by atoms with Crippen LogP contribution in [0.3, 0.4) is 0 Å². The first kappa shape index (κ1) is 14.5. The van der Waals surface area contributed by atoms with Gasteiger partial charge in [-0.1, -0.05) is 13.3 Å². The van der Waals surface area contributed by atoms with Gasteiger partial charge in [-0.05, 0) is 12.5 Å². The van der Waals surface area contributed by atoms with Crippen molar-refractivity contribution in [2.45, 2.75) is 32.4 Å². The molecule has 1 unspecified atom stereocenters. The summed E-state index contributed by atoms with van der Waals surface area (Å²) >= 11 is 0. The van der Waals surface area contributed by atoms with Crippen molar-refractivity contribution in [2.24, 2.45) is 5.73 Å². The number of hydrogen-bond acceptors (Lipinski definition) is 4. The summed E-state index contributed by atoms with van der Waals surface area (Å²) < 4.78 is 2.01. The lowest BCUT2D eigenvalue weighted by atomic mass is 10.1. The first-order valence-corrected chi connectivity index (χ1v) is 7.47. The fourth-order valence-corrected chi connectivity index (χ4v) is 2.81. The zero-order valence-corrected chi connectivity index (χ0v) is 12.0. The summed E-state index contributed by atoms with van der Waals surface area (Å²) in [7, 11) is 0. The van der Waals surface area contributed by atoms with Crippen molar-refractivity contribution in [2.75, 3.05) is 39.3 Å². The Kier molecular flexibility index (Phi) is 5.82. The Hall–Kier alpha value is -0.910. The van der Waals surface area contributed by atoms with Crippen LogP contribution < -0.4 is 5.73 Å². The highest BCUT2D eigenvalue weighted by atomic mass is 15.3. The predicted octanol–water partition coefficient (Wildman–Crippen LogP) is 0.628. The van der Waals surface area contributed by atoms with Crippen LogP contribution in [0.1, 0.15) is 19.8 Å².